The van der Waals surface area contributed by atoms with Crippen molar-refractivity contribution in [2.45, 2.75) is 65.8 Å². The molecule has 1 aliphatic heterocycles. The first kappa shape index (κ1) is 26.3. The van der Waals surface area contributed by atoms with Gasteiger partial charge >= 0.3 is 0 Å². The Morgan fingerprint density at radius 2 is 1.41 bits per heavy atom. The molecule has 9 heteroatoms. The highest BCUT2D eigenvalue weighted by molar-refractivity contribution is 7.89. The van der Waals surface area contributed by atoms with Crippen molar-refractivity contribution in [3.8, 4) is 0 Å². The standard InChI is InChI=1S/C23H38N4O4S/c1-8-9-24-23(29)20(7)25-21(28)14-26-10-12-27(13-11-26)32(30,31)22-18(5)16(3)15(2)17(4)19(22)6/h20H,8-14H2,1-7H3,(H,24,29)(H,25,28)/t20-/m1/s1. The summed E-state index contributed by atoms with van der Waals surface area (Å²) in [5.74, 6) is -0.442. The van der Waals surface area contributed by atoms with Crippen molar-refractivity contribution in [2.24, 2.45) is 0 Å². The minimum atomic E-state index is -3.62. The number of carbonyl (C=O) groups is 2. The van der Waals surface area contributed by atoms with E-state index in [9.17, 15) is 18.0 Å². The number of sulfonamides is 1. The van der Waals surface area contributed by atoms with Gasteiger partial charge in [0.1, 0.15) is 6.04 Å². The molecule has 1 aromatic rings. The van der Waals surface area contributed by atoms with Gasteiger partial charge in [0.2, 0.25) is 21.8 Å². The summed E-state index contributed by atoms with van der Waals surface area (Å²) in [7, 11) is -3.62. The summed E-state index contributed by atoms with van der Waals surface area (Å²) >= 11 is 0. The normalized spacial score (nSPS) is 16.6. The molecule has 0 aliphatic carbocycles. The minimum absolute atomic E-state index is 0.139. The van der Waals surface area contributed by atoms with Crippen LogP contribution in [0.5, 0.6) is 0 Å². The highest BCUT2D eigenvalue weighted by Crippen LogP contribution is 2.31. The van der Waals surface area contributed by atoms with Gasteiger partial charge in [0.25, 0.3) is 0 Å². The Kier molecular flexibility index (Phi) is 8.84. The molecule has 2 rings (SSSR count). The third-order valence-electron chi connectivity index (χ3n) is 6.55. The largest absolute Gasteiger partial charge is 0.354 e. The molecule has 1 saturated heterocycles. The van der Waals surface area contributed by atoms with Crippen molar-refractivity contribution < 1.29 is 18.0 Å². The van der Waals surface area contributed by atoms with Crippen LogP contribution in [0, 0.1) is 34.6 Å². The van der Waals surface area contributed by atoms with Crippen LogP contribution in [0.2, 0.25) is 0 Å². The molecule has 1 heterocycles. The number of amides is 2. The number of benzene rings is 1. The van der Waals surface area contributed by atoms with Crippen LogP contribution < -0.4 is 10.6 Å². The monoisotopic (exact) mass is 466 g/mol. The number of rotatable bonds is 8. The van der Waals surface area contributed by atoms with Gasteiger partial charge in [0.05, 0.1) is 11.4 Å². The molecule has 0 radical (unpaired) electrons. The first-order valence-corrected chi connectivity index (χ1v) is 12.7. The van der Waals surface area contributed by atoms with Gasteiger partial charge in [-0.2, -0.15) is 4.31 Å². The van der Waals surface area contributed by atoms with Crippen molar-refractivity contribution in [3.63, 3.8) is 0 Å². The SMILES string of the molecule is CCCNC(=O)[C@@H](C)NC(=O)CN1CCN(S(=O)(=O)c2c(C)c(C)c(C)c(C)c2C)CC1. The Labute approximate surface area is 192 Å². The van der Waals surface area contributed by atoms with E-state index < -0.39 is 16.1 Å². The molecule has 32 heavy (non-hydrogen) atoms. The molecule has 1 aromatic carbocycles. The second-order valence-electron chi connectivity index (χ2n) is 8.71. The maximum absolute atomic E-state index is 13.5. The minimum Gasteiger partial charge on any atom is -0.354 e. The molecular formula is C23H38N4O4S. The first-order chi connectivity index (χ1) is 14.9. The zero-order chi connectivity index (χ0) is 24.2. The van der Waals surface area contributed by atoms with Crippen LogP contribution in [0.15, 0.2) is 4.90 Å². The molecule has 0 saturated carbocycles. The summed E-state index contributed by atoms with van der Waals surface area (Å²) < 4.78 is 28.4. The van der Waals surface area contributed by atoms with Gasteiger partial charge in [-0.3, -0.25) is 14.5 Å². The average Bonchev–Trinajstić information content (AvgIpc) is 2.74. The van der Waals surface area contributed by atoms with E-state index in [4.69, 9.17) is 0 Å². The van der Waals surface area contributed by atoms with Crippen molar-refractivity contribution in [1.82, 2.24) is 19.8 Å². The maximum Gasteiger partial charge on any atom is 0.243 e. The third kappa shape index (κ3) is 5.68. The molecule has 1 atom stereocenters. The lowest BCUT2D eigenvalue weighted by molar-refractivity contribution is -0.129. The van der Waals surface area contributed by atoms with Crippen LogP contribution >= 0.6 is 0 Å². The highest BCUT2D eigenvalue weighted by Gasteiger charge is 2.32. The molecule has 0 unspecified atom stereocenters. The van der Waals surface area contributed by atoms with Crippen LogP contribution in [0.3, 0.4) is 0 Å². The van der Waals surface area contributed by atoms with E-state index >= 15 is 0 Å². The first-order valence-electron chi connectivity index (χ1n) is 11.3. The predicted octanol–water partition coefficient (Wildman–Crippen LogP) is 1.57. The van der Waals surface area contributed by atoms with Crippen molar-refractivity contribution in [1.29, 1.82) is 0 Å². The summed E-state index contributed by atoms with van der Waals surface area (Å²) in [4.78, 5) is 26.6. The molecule has 0 aromatic heterocycles. The predicted molar refractivity (Wildman–Crippen MR) is 126 cm³/mol. The fourth-order valence-electron chi connectivity index (χ4n) is 4.07. The molecule has 1 fully saturated rings. The number of carbonyl (C=O) groups excluding carboxylic acids is 2. The highest BCUT2D eigenvalue weighted by atomic mass is 32.2. The zero-order valence-corrected chi connectivity index (χ0v) is 21.3. The Hall–Kier alpha value is -1.97. The summed E-state index contributed by atoms with van der Waals surface area (Å²) in [6, 6.07) is -0.602. The summed E-state index contributed by atoms with van der Waals surface area (Å²) in [6.45, 7) is 15.6. The van der Waals surface area contributed by atoms with Gasteiger partial charge in [-0.05, 0) is 75.8 Å². The van der Waals surface area contributed by atoms with E-state index in [0.29, 0.717) is 37.6 Å². The number of nitrogens with zero attached hydrogens (tertiary/aromatic N) is 2. The molecule has 8 nitrogen and oxygen atoms in total. The van der Waals surface area contributed by atoms with Gasteiger partial charge in [-0.1, -0.05) is 6.92 Å². The smallest absolute Gasteiger partial charge is 0.243 e. The fraction of sp³-hybridized carbons (Fsp3) is 0.652. The van der Waals surface area contributed by atoms with Crippen molar-refractivity contribution >= 4 is 21.8 Å². The Balaban J connectivity index is 2.01. The molecule has 2 N–H and O–H groups in total. The van der Waals surface area contributed by atoms with Crippen molar-refractivity contribution in [2.75, 3.05) is 39.3 Å². The van der Waals surface area contributed by atoms with E-state index in [1.54, 1.807) is 6.92 Å². The van der Waals surface area contributed by atoms with E-state index in [1.807, 2.05) is 46.4 Å². The second-order valence-corrected chi connectivity index (χ2v) is 10.6. The molecule has 2 amide bonds. The topological polar surface area (TPSA) is 98.8 Å². The summed E-state index contributed by atoms with van der Waals surface area (Å²) in [5, 5.41) is 5.47. The maximum atomic E-state index is 13.5. The Bertz CT molecular complexity index is 938. The Morgan fingerprint density at radius 3 is 1.91 bits per heavy atom. The van der Waals surface area contributed by atoms with Gasteiger partial charge < -0.3 is 10.6 Å². The molecule has 1 aliphatic rings. The molecule has 0 spiro atoms. The number of piperazine rings is 1. The van der Waals surface area contributed by atoms with Gasteiger partial charge in [0.15, 0.2) is 0 Å². The average molecular weight is 467 g/mol. The van der Waals surface area contributed by atoms with Crippen LogP contribution in [0.1, 0.15) is 48.1 Å². The zero-order valence-electron chi connectivity index (χ0n) is 20.5. The number of nitrogens with one attached hydrogen (secondary N) is 2. The summed E-state index contributed by atoms with van der Waals surface area (Å²) in [5.41, 5.74) is 4.77. The third-order valence-corrected chi connectivity index (χ3v) is 8.72. The van der Waals surface area contributed by atoms with Crippen LogP contribution in [0.4, 0.5) is 0 Å². The number of hydrogen-bond donors (Lipinski definition) is 2. The Morgan fingerprint density at radius 1 is 0.906 bits per heavy atom. The van der Waals surface area contributed by atoms with E-state index in [-0.39, 0.29) is 18.4 Å². The van der Waals surface area contributed by atoms with Crippen LogP contribution in [-0.4, -0.2) is 74.7 Å². The van der Waals surface area contributed by atoms with E-state index in [2.05, 4.69) is 10.6 Å². The lowest BCUT2D eigenvalue weighted by atomic mass is 9.95. The summed E-state index contributed by atoms with van der Waals surface area (Å²) in [6.07, 6.45) is 0.834. The molecular weight excluding hydrogens is 428 g/mol. The second kappa shape index (κ2) is 10.8. The fourth-order valence-corrected chi connectivity index (χ4v) is 6.05. The van der Waals surface area contributed by atoms with Gasteiger partial charge in [-0.15, -0.1) is 0 Å². The van der Waals surface area contributed by atoms with Gasteiger partial charge in [0, 0.05) is 32.7 Å². The molecule has 0 bridgehead atoms. The van der Waals surface area contributed by atoms with Crippen LogP contribution in [0.25, 0.3) is 0 Å². The van der Waals surface area contributed by atoms with Crippen LogP contribution in [-0.2, 0) is 19.6 Å². The van der Waals surface area contributed by atoms with Crippen molar-refractivity contribution in [3.05, 3.63) is 27.8 Å². The lowest BCUT2D eigenvalue weighted by Crippen LogP contribution is -2.53. The lowest BCUT2D eigenvalue weighted by Gasteiger charge is -2.34. The number of hydrogen-bond acceptors (Lipinski definition) is 5. The van der Waals surface area contributed by atoms with Gasteiger partial charge in [-0.25, -0.2) is 8.42 Å². The van der Waals surface area contributed by atoms with E-state index in [0.717, 1.165) is 34.2 Å². The van der Waals surface area contributed by atoms with E-state index in [1.165, 1.54) is 4.31 Å². The quantitative estimate of drug-likeness (QED) is 0.606. The molecule has 180 valence electrons.